The predicted molar refractivity (Wildman–Crippen MR) is 131 cm³/mol. The SMILES string of the molecule is COc1ccc(OCCn2c([C@H]3CC(=O)N(c4ccccc4OC)C3)nc3ccccc32)cc1. The van der Waals surface area contributed by atoms with Crippen molar-refractivity contribution in [1.82, 2.24) is 9.55 Å². The van der Waals surface area contributed by atoms with Crippen LogP contribution >= 0.6 is 0 Å². The van der Waals surface area contributed by atoms with Crippen molar-refractivity contribution in [3.8, 4) is 17.2 Å². The molecule has 1 aliphatic rings. The third-order valence-electron chi connectivity index (χ3n) is 6.19. The lowest BCUT2D eigenvalue weighted by molar-refractivity contribution is -0.117. The molecule has 0 bridgehead atoms. The summed E-state index contributed by atoms with van der Waals surface area (Å²) in [7, 11) is 3.27. The summed E-state index contributed by atoms with van der Waals surface area (Å²) in [6, 6.07) is 23.2. The maximum Gasteiger partial charge on any atom is 0.227 e. The van der Waals surface area contributed by atoms with Crippen LogP contribution < -0.4 is 19.1 Å². The normalized spacial score (nSPS) is 15.6. The number of para-hydroxylation sites is 4. The fourth-order valence-electron chi connectivity index (χ4n) is 4.53. The summed E-state index contributed by atoms with van der Waals surface area (Å²) in [6.07, 6.45) is 0.403. The number of anilines is 1. The van der Waals surface area contributed by atoms with Crippen molar-refractivity contribution in [2.24, 2.45) is 0 Å². The highest BCUT2D eigenvalue weighted by Crippen LogP contribution is 2.37. The lowest BCUT2D eigenvalue weighted by atomic mass is 10.1. The van der Waals surface area contributed by atoms with Crippen LogP contribution in [0, 0.1) is 0 Å². The molecule has 1 aliphatic heterocycles. The van der Waals surface area contributed by atoms with Crippen molar-refractivity contribution in [1.29, 1.82) is 0 Å². The van der Waals surface area contributed by atoms with Gasteiger partial charge >= 0.3 is 0 Å². The van der Waals surface area contributed by atoms with E-state index in [0.29, 0.717) is 31.9 Å². The first-order valence-electron chi connectivity index (χ1n) is 11.3. The Bertz CT molecular complexity index is 1300. The number of amides is 1. The molecule has 0 spiro atoms. The van der Waals surface area contributed by atoms with Crippen LogP contribution in [0.4, 0.5) is 5.69 Å². The van der Waals surface area contributed by atoms with Gasteiger partial charge in [0, 0.05) is 18.9 Å². The lowest BCUT2D eigenvalue weighted by Crippen LogP contribution is -2.25. The van der Waals surface area contributed by atoms with E-state index in [1.807, 2.05) is 66.7 Å². The second kappa shape index (κ2) is 9.47. The maximum atomic E-state index is 13.0. The number of rotatable bonds is 8. The molecule has 5 rings (SSSR count). The molecule has 1 atom stereocenters. The van der Waals surface area contributed by atoms with Crippen molar-refractivity contribution in [3.63, 3.8) is 0 Å². The number of ether oxygens (including phenoxy) is 3. The smallest absolute Gasteiger partial charge is 0.227 e. The van der Waals surface area contributed by atoms with Gasteiger partial charge in [0.15, 0.2) is 0 Å². The number of methoxy groups -OCH3 is 2. The largest absolute Gasteiger partial charge is 0.497 e. The minimum atomic E-state index is -0.0224. The van der Waals surface area contributed by atoms with Gasteiger partial charge in [0.1, 0.15) is 29.7 Å². The second-order valence-electron chi connectivity index (χ2n) is 8.21. The van der Waals surface area contributed by atoms with Gasteiger partial charge < -0.3 is 23.7 Å². The average Bonchev–Trinajstić information content (AvgIpc) is 3.45. The number of benzene rings is 3. The number of fused-ring (bicyclic) bond motifs is 1. The van der Waals surface area contributed by atoms with Crippen LogP contribution in [0.15, 0.2) is 72.8 Å². The molecule has 3 aromatic carbocycles. The molecule has 1 amide bonds. The van der Waals surface area contributed by atoms with Crippen LogP contribution in [0.2, 0.25) is 0 Å². The number of carbonyl (C=O) groups is 1. The summed E-state index contributed by atoms with van der Waals surface area (Å²) in [6.45, 7) is 1.67. The van der Waals surface area contributed by atoms with E-state index < -0.39 is 0 Å². The highest BCUT2D eigenvalue weighted by molar-refractivity contribution is 5.97. The molecule has 0 aliphatic carbocycles. The van der Waals surface area contributed by atoms with Crippen molar-refractivity contribution >= 4 is 22.6 Å². The molecule has 174 valence electrons. The zero-order chi connectivity index (χ0) is 23.5. The number of imidazole rings is 1. The fourth-order valence-corrected chi connectivity index (χ4v) is 4.53. The molecule has 0 radical (unpaired) electrons. The average molecular weight is 458 g/mol. The van der Waals surface area contributed by atoms with E-state index in [2.05, 4.69) is 10.6 Å². The molecular formula is C27H27N3O4. The summed E-state index contributed by atoms with van der Waals surface area (Å²) >= 11 is 0. The Morgan fingerprint density at radius 2 is 1.65 bits per heavy atom. The van der Waals surface area contributed by atoms with Crippen LogP contribution in [0.5, 0.6) is 17.2 Å². The third kappa shape index (κ3) is 4.17. The van der Waals surface area contributed by atoms with E-state index in [0.717, 1.165) is 34.0 Å². The second-order valence-corrected chi connectivity index (χ2v) is 8.21. The molecule has 7 heteroatoms. The fraction of sp³-hybridized carbons (Fsp3) is 0.259. The number of nitrogens with zero attached hydrogens (tertiary/aromatic N) is 3. The molecule has 2 heterocycles. The molecule has 0 unspecified atom stereocenters. The zero-order valence-corrected chi connectivity index (χ0v) is 19.3. The summed E-state index contributed by atoms with van der Waals surface area (Å²) in [4.78, 5) is 19.7. The molecule has 4 aromatic rings. The van der Waals surface area contributed by atoms with Gasteiger partial charge in [-0.3, -0.25) is 4.79 Å². The van der Waals surface area contributed by atoms with Crippen LogP contribution in [0.3, 0.4) is 0 Å². The molecule has 0 N–H and O–H groups in total. The van der Waals surface area contributed by atoms with Gasteiger partial charge in [-0.05, 0) is 48.5 Å². The van der Waals surface area contributed by atoms with Crippen molar-refractivity contribution in [2.45, 2.75) is 18.9 Å². The first kappa shape index (κ1) is 21.8. The Morgan fingerprint density at radius 3 is 2.44 bits per heavy atom. The van der Waals surface area contributed by atoms with Gasteiger partial charge in [-0.25, -0.2) is 4.98 Å². The summed E-state index contributed by atoms with van der Waals surface area (Å²) in [5, 5.41) is 0. The van der Waals surface area contributed by atoms with Crippen molar-refractivity contribution < 1.29 is 19.0 Å². The molecule has 1 saturated heterocycles. The zero-order valence-electron chi connectivity index (χ0n) is 19.3. The van der Waals surface area contributed by atoms with Gasteiger partial charge in [0.25, 0.3) is 0 Å². The Labute approximate surface area is 198 Å². The van der Waals surface area contributed by atoms with E-state index in [4.69, 9.17) is 19.2 Å². The van der Waals surface area contributed by atoms with E-state index in [1.165, 1.54) is 0 Å². The Hall–Kier alpha value is -4.00. The van der Waals surface area contributed by atoms with E-state index in [1.54, 1.807) is 19.1 Å². The van der Waals surface area contributed by atoms with Gasteiger partial charge in [-0.1, -0.05) is 24.3 Å². The van der Waals surface area contributed by atoms with Crippen LogP contribution in [-0.4, -0.2) is 42.8 Å². The van der Waals surface area contributed by atoms with Crippen LogP contribution in [0.25, 0.3) is 11.0 Å². The highest BCUT2D eigenvalue weighted by Gasteiger charge is 2.35. The standard InChI is InChI=1S/C27H27N3O4/c1-32-20-11-13-21(14-12-20)34-16-15-29-23-8-4-3-7-22(23)28-27(29)19-17-26(31)30(18-19)24-9-5-6-10-25(24)33-2/h3-14,19H,15-18H2,1-2H3/t19-/m0/s1. The number of aromatic nitrogens is 2. The van der Waals surface area contributed by atoms with Crippen molar-refractivity contribution in [3.05, 3.63) is 78.6 Å². The van der Waals surface area contributed by atoms with Gasteiger partial charge in [-0.15, -0.1) is 0 Å². The molecule has 0 saturated carbocycles. The Balaban J connectivity index is 1.39. The molecule has 1 aromatic heterocycles. The van der Waals surface area contributed by atoms with E-state index in [9.17, 15) is 4.79 Å². The van der Waals surface area contributed by atoms with E-state index >= 15 is 0 Å². The first-order valence-corrected chi connectivity index (χ1v) is 11.3. The third-order valence-corrected chi connectivity index (χ3v) is 6.19. The molecular weight excluding hydrogens is 430 g/mol. The molecule has 34 heavy (non-hydrogen) atoms. The summed E-state index contributed by atoms with van der Waals surface area (Å²) < 4.78 is 18.9. The monoisotopic (exact) mass is 457 g/mol. The van der Waals surface area contributed by atoms with E-state index in [-0.39, 0.29) is 11.8 Å². The Kier molecular flexibility index (Phi) is 6.08. The minimum absolute atomic E-state index is 0.0224. The topological polar surface area (TPSA) is 65.8 Å². The summed E-state index contributed by atoms with van der Waals surface area (Å²) in [5.74, 6) is 3.22. The number of hydrogen-bond acceptors (Lipinski definition) is 5. The summed E-state index contributed by atoms with van der Waals surface area (Å²) in [5.41, 5.74) is 2.76. The number of hydrogen-bond donors (Lipinski definition) is 0. The number of carbonyl (C=O) groups excluding carboxylic acids is 1. The first-order chi connectivity index (χ1) is 16.7. The minimum Gasteiger partial charge on any atom is -0.497 e. The Morgan fingerprint density at radius 1 is 0.912 bits per heavy atom. The quantitative estimate of drug-likeness (QED) is 0.385. The van der Waals surface area contributed by atoms with Gasteiger partial charge in [0.2, 0.25) is 5.91 Å². The van der Waals surface area contributed by atoms with Crippen molar-refractivity contribution in [2.75, 3.05) is 32.3 Å². The van der Waals surface area contributed by atoms with Gasteiger partial charge in [-0.2, -0.15) is 0 Å². The maximum absolute atomic E-state index is 13.0. The predicted octanol–water partition coefficient (Wildman–Crippen LogP) is 4.65. The molecule has 1 fully saturated rings. The molecule has 7 nitrogen and oxygen atoms in total. The van der Waals surface area contributed by atoms with Gasteiger partial charge in [0.05, 0.1) is 37.5 Å². The van der Waals surface area contributed by atoms with Crippen LogP contribution in [0.1, 0.15) is 18.2 Å². The van der Waals surface area contributed by atoms with Crippen LogP contribution in [-0.2, 0) is 11.3 Å². The highest BCUT2D eigenvalue weighted by atomic mass is 16.5. The lowest BCUT2D eigenvalue weighted by Gasteiger charge is -2.20.